The van der Waals surface area contributed by atoms with E-state index in [1.807, 2.05) is 29.8 Å². The first-order valence-electron chi connectivity index (χ1n) is 9.34. The molecule has 0 bridgehead atoms. The third kappa shape index (κ3) is 5.39. The number of aryl methyl sites for hydroxylation is 1. The lowest BCUT2D eigenvalue weighted by molar-refractivity contribution is -0.116. The van der Waals surface area contributed by atoms with Gasteiger partial charge in [-0.2, -0.15) is 5.10 Å². The van der Waals surface area contributed by atoms with Gasteiger partial charge in [0.1, 0.15) is 5.82 Å². The van der Waals surface area contributed by atoms with E-state index in [0.29, 0.717) is 30.4 Å². The summed E-state index contributed by atoms with van der Waals surface area (Å²) in [5.74, 6) is 2.76. The molecule has 1 amide bonds. The van der Waals surface area contributed by atoms with Crippen LogP contribution in [0.4, 0.5) is 5.82 Å². The molecular formula is C20H29ClN4O3. The van der Waals surface area contributed by atoms with Crippen molar-refractivity contribution in [1.82, 2.24) is 15.1 Å². The average Bonchev–Trinajstić information content (AvgIpc) is 3.31. The lowest BCUT2D eigenvalue weighted by atomic mass is 10.0. The normalized spacial score (nSPS) is 15.8. The number of anilines is 1. The Bertz CT molecular complexity index is 788. The molecule has 1 aliphatic heterocycles. The Morgan fingerprint density at radius 2 is 2.11 bits per heavy atom. The number of hydrogen-bond acceptors (Lipinski definition) is 5. The molecule has 28 heavy (non-hydrogen) atoms. The van der Waals surface area contributed by atoms with Gasteiger partial charge in [-0.1, -0.05) is 6.07 Å². The maximum absolute atomic E-state index is 12.4. The van der Waals surface area contributed by atoms with Gasteiger partial charge in [0, 0.05) is 12.0 Å². The molecule has 1 aromatic carbocycles. The van der Waals surface area contributed by atoms with Crippen LogP contribution in [0.3, 0.4) is 0 Å². The van der Waals surface area contributed by atoms with E-state index >= 15 is 0 Å². The number of aromatic nitrogens is 2. The fraction of sp³-hybridized carbons (Fsp3) is 0.500. The Balaban J connectivity index is 0.00000280. The van der Waals surface area contributed by atoms with Crippen LogP contribution >= 0.6 is 12.4 Å². The molecule has 8 heteroatoms. The maximum atomic E-state index is 12.4. The third-order valence-electron chi connectivity index (χ3n) is 5.00. The summed E-state index contributed by atoms with van der Waals surface area (Å²) in [5.41, 5.74) is 1.97. The van der Waals surface area contributed by atoms with Gasteiger partial charge in [-0.3, -0.25) is 4.79 Å². The van der Waals surface area contributed by atoms with Gasteiger partial charge < -0.3 is 20.1 Å². The Kier molecular flexibility index (Phi) is 8.14. The number of hydrogen-bond donors (Lipinski definition) is 2. The van der Waals surface area contributed by atoms with Crippen molar-refractivity contribution < 1.29 is 14.3 Å². The van der Waals surface area contributed by atoms with Crippen molar-refractivity contribution in [2.45, 2.75) is 32.7 Å². The highest BCUT2D eigenvalue weighted by atomic mass is 35.5. The van der Waals surface area contributed by atoms with Gasteiger partial charge in [0.25, 0.3) is 0 Å². The lowest BCUT2D eigenvalue weighted by Gasteiger charge is -2.13. The largest absolute Gasteiger partial charge is 0.493 e. The van der Waals surface area contributed by atoms with Crippen molar-refractivity contribution in [3.63, 3.8) is 0 Å². The summed E-state index contributed by atoms with van der Waals surface area (Å²) in [6.07, 6.45) is 4.38. The molecule has 1 aliphatic rings. The number of carbonyl (C=O) groups excluding carboxylic acids is 1. The summed E-state index contributed by atoms with van der Waals surface area (Å²) in [7, 11) is 3.23. The minimum atomic E-state index is 0. The number of rotatable bonds is 8. The summed E-state index contributed by atoms with van der Waals surface area (Å²) in [5, 5.41) is 10.8. The quantitative estimate of drug-likeness (QED) is 0.702. The number of ether oxygens (including phenoxy) is 2. The van der Waals surface area contributed by atoms with Gasteiger partial charge in [-0.25, -0.2) is 4.68 Å². The van der Waals surface area contributed by atoms with Crippen LogP contribution in [-0.2, 0) is 11.3 Å². The molecule has 1 unspecified atom stereocenters. The fourth-order valence-electron chi connectivity index (χ4n) is 3.40. The van der Waals surface area contributed by atoms with Crippen LogP contribution in [0.5, 0.6) is 11.5 Å². The fourth-order valence-corrected chi connectivity index (χ4v) is 3.40. The van der Waals surface area contributed by atoms with E-state index in [9.17, 15) is 4.79 Å². The first-order chi connectivity index (χ1) is 13.1. The van der Waals surface area contributed by atoms with E-state index in [4.69, 9.17) is 9.47 Å². The van der Waals surface area contributed by atoms with Gasteiger partial charge >= 0.3 is 0 Å². The highest BCUT2D eigenvalue weighted by Gasteiger charge is 2.17. The van der Waals surface area contributed by atoms with E-state index in [2.05, 4.69) is 15.7 Å². The van der Waals surface area contributed by atoms with Gasteiger partial charge in [-0.05, 0) is 56.5 Å². The standard InChI is InChI=1S/C20H28N4O3.ClH/c1-14-11-22-24(13-16-4-6-17(26-2)18(10-16)27-3)20(14)23-19(25)7-5-15-8-9-21-12-15;/h4,6,10-11,15,21H,5,7-9,12-13H2,1-3H3,(H,23,25);1H. The molecule has 0 aliphatic carbocycles. The zero-order valence-electron chi connectivity index (χ0n) is 16.7. The molecule has 2 aromatic rings. The van der Waals surface area contributed by atoms with Gasteiger partial charge in [0.2, 0.25) is 5.91 Å². The number of halogens is 1. The molecule has 1 fully saturated rings. The summed E-state index contributed by atoms with van der Waals surface area (Å²) >= 11 is 0. The highest BCUT2D eigenvalue weighted by molar-refractivity contribution is 5.90. The molecule has 3 rings (SSSR count). The molecule has 7 nitrogen and oxygen atoms in total. The Morgan fingerprint density at radius 3 is 2.79 bits per heavy atom. The van der Waals surface area contributed by atoms with Crippen LogP contribution in [0.1, 0.15) is 30.4 Å². The topological polar surface area (TPSA) is 77.4 Å². The number of amides is 1. The predicted octanol–water partition coefficient (Wildman–Crippen LogP) is 3.01. The molecule has 2 heterocycles. The molecule has 1 atom stereocenters. The Morgan fingerprint density at radius 1 is 1.32 bits per heavy atom. The first kappa shape index (κ1) is 22.0. The molecule has 0 saturated carbocycles. The number of nitrogens with zero attached hydrogens (tertiary/aromatic N) is 2. The van der Waals surface area contributed by atoms with Crippen LogP contribution in [0.15, 0.2) is 24.4 Å². The molecule has 1 aromatic heterocycles. The predicted molar refractivity (Wildman–Crippen MR) is 112 cm³/mol. The van der Waals surface area contributed by atoms with E-state index in [-0.39, 0.29) is 18.3 Å². The van der Waals surface area contributed by atoms with Crippen molar-refractivity contribution in [2.24, 2.45) is 5.92 Å². The number of benzene rings is 1. The Hall–Kier alpha value is -2.25. The smallest absolute Gasteiger partial charge is 0.225 e. The molecule has 0 radical (unpaired) electrons. The molecule has 2 N–H and O–H groups in total. The lowest BCUT2D eigenvalue weighted by Crippen LogP contribution is -2.18. The highest BCUT2D eigenvalue weighted by Crippen LogP contribution is 2.28. The second kappa shape index (κ2) is 10.3. The summed E-state index contributed by atoms with van der Waals surface area (Å²) < 4.78 is 12.5. The van der Waals surface area contributed by atoms with Crippen molar-refractivity contribution in [3.8, 4) is 11.5 Å². The zero-order chi connectivity index (χ0) is 19.2. The maximum Gasteiger partial charge on any atom is 0.225 e. The second-order valence-electron chi connectivity index (χ2n) is 6.97. The average molecular weight is 409 g/mol. The van der Waals surface area contributed by atoms with Gasteiger partial charge in [0.05, 0.1) is 27.0 Å². The number of methoxy groups -OCH3 is 2. The molecule has 154 valence electrons. The van der Waals surface area contributed by atoms with E-state index in [1.54, 1.807) is 20.4 Å². The summed E-state index contributed by atoms with van der Waals surface area (Å²) in [6, 6.07) is 5.77. The van der Waals surface area contributed by atoms with Gasteiger partial charge in [0.15, 0.2) is 11.5 Å². The first-order valence-corrected chi connectivity index (χ1v) is 9.34. The van der Waals surface area contributed by atoms with E-state index in [1.165, 1.54) is 0 Å². The molecule has 1 saturated heterocycles. The number of nitrogens with one attached hydrogen (secondary N) is 2. The van der Waals surface area contributed by atoms with Gasteiger partial charge in [-0.15, -0.1) is 12.4 Å². The van der Waals surface area contributed by atoms with E-state index < -0.39 is 0 Å². The van der Waals surface area contributed by atoms with Crippen molar-refractivity contribution >= 4 is 24.1 Å². The Labute approximate surface area is 172 Å². The molecule has 0 spiro atoms. The zero-order valence-corrected chi connectivity index (χ0v) is 17.5. The SMILES string of the molecule is COc1ccc(Cn2ncc(C)c2NC(=O)CCC2CCNC2)cc1OC.Cl. The van der Waals surface area contributed by atoms with Crippen LogP contribution in [0.25, 0.3) is 0 Å². The van der Waals surface area contributed by atoms with Crippen LogP contribution < -0.4 is 20.1 Å². The van der Waals surface area contributed by atoms with Crippen LogP contribution in [-0.4, -0.2) is 43.0 Å². The van der Waals surface area contributed by atoms with Crippen molar-refractivity contribution in [3.05, 3.63) is 35.5 Å². The van der Waals surface area contributed by atoms with Crippen LogP contribution in [0.2, 0.25) is 0 Å². The van der Waals surface area contributed by atoms with E-state index in [0.717, 1.165) is 42.9 Å². The third-order valence-corrected chi connectivity index (χ3v) is 5.00. The summed E-state index contributed by atoms with van der Waals surface area (Å²) in [4.78, 5) is 12.4. The summed E-state index contributed by atoms with van der Waals surface area (Å²) in [6.45, 7) is 4.57. The van der Waals surface area contributed by atoms with Crippen molar-refractivity contribution in [2.75, 3.05) is 32.6 Å². The van der Waals surface area contributed by atoms with Crippen molar-refractivity contribution in [1.29, 1.82) is 0 Å². The second-order valence-corrected chi connectivity index (χ2v) is 6.97. The minimum Gasteiger partial charge on any atom is -0.493 e. The monoisotopic (exact) mass is 408 g/mol. The number of carbonyl (C=O) groups is 1. The molecular weight excluding hydrogens is 380 g/mol. The minimum absolute atomic E-state index is 0. The van der Waals surface area contributed by atoms with Crippen LogP contribution in [0, 0.1) is 12.8 Å².